The first-order valence-corrected chi connectivity index (χ1v) is 5.16. The zero-order chi connectivity index (χ0) is 13.3. The van der Waals surface area contributed by atoms with Crippen LogP contribution in [0.15, 0.2) is 24.4 Å². The Morgan fingerprint density at radius 1 is 1.28 bits per heavy atom. The van der Waals surface area contributed by atoms with E-state index in [1.807, 2.05) is 0 Å². The van der Waals surface area contributed by atoms with Gasteiger partial charge in [-0.25, -0.2) is 23.1 Å². The molecule has 94 valence electrons. The van der Waals surface area contributed by atoms with Gasteiger partial charge in [0.15, 0.2) is 16.7 Å². The van der Waals surface area contributed by atoms with Crippen molar-refractivity contribution in [1.82, 2.24) is 9.97 Å². The minimum Gasteiger partial charge on any atom is -0.505 e. The summed E-state index contributed by atoms with van der Waals surface area (Å²) in [6, 6.07) is 3.47. The Kier molecular flexibility index (Phi) is 3.38. The minimum atomic E-state index is -2.82. The number of halogens is 4. The largest absolute Gasteiger partial charge is 0.505 e. The first kappa shape index (κ1) is 12.6. The molecule has 0 atom stereocenters. The van der Waals surface area contributed by atoms with Gasteiger partial charge < -0.3 is 5.11 Å². The molecule has 0 radical (unpaired) electrons. The van der Waals surface area contributed by atoms with E-state index in [2.05, 4.69) is 9.97 Å². The van der Waals surface area contributed by atoms with Gasteiger partial charge in [0.2, 0.25) is 0 Å². The van der Waals surface area contributed by atoms with E-state index in [4.69, 9.17) is 11.6 Å². The van der Waals surface area contributed by atoms with Crippen molar-refractivity contribution >= 4 is 11.6 Å². The normalized spacial score (nSPS) is 10.9. The summed E-state index contributed by atoms with van der Waals surface area (Å²) in [4.78, 5) is 7.21. The number of phenols is 1. The van der Waals surface area contributed by atoms with Crippen LogP contribution in [0.25, 0.3) is 11.3 Å². The first-order valence-electron chi connectivity index (χ1n) is 4.78. The fourth-order valence-corrected chi connectivity index (χ4v) is 1.56. The molecule has 2 rings (SSSR count). The quantitative estimate of drug-likeness (QED) is 0.910. The highest BCUT2D eigenvalue weighted by molar-refractivity contribution is 6.30. The molecule has 2 aromatic rings. The lowest BCUT2D eigenvalue weighted by molar-refractivity contribution is 0.146. The van der Waals surface area contributed by atoms with Gasteiger partial charge in [-0.2, -0.15) is 0 Å². The SMILES string of the molecule is Oc1cc(-c2cnc(C(F)F)c(Cl)n2)ccc1F. The summed E-state index contributed by atoms with van der Waals surface area (Å²) in [7, 11) is 0. The molecule has 0 spiro atoms. The molecule has 7 heteroatoms. The summed E-state index contributed by atoms with van der Waals surface area (Å²) in [6.45, 7) is 0. The van der Waals surface area contributed by atoms with Gasteiger partial charge in [-0.15, -0.1) is 0 Å². The Bertz CT molecular complexity index is 592. The van der Waals surface area contributed by atoms with Crippen LogP contribution in [-0.4, -0.2) is 15.1 Å². The summed E-state index contributed by atoms with van der Waals surface area (Å²) >= 11 is 5.56. The molecular weight excluding hydrogens is 269 g/mol. The van der Waals surface area contributed by atoms with Crippen molar-refractivity contribution in [3.05, 3.63) is 41.1 Å². The van der Waals surface area contributed by atoms with Gasteiger partial charge in [0.1, 0.15) is 5.69 Å². The second kappa shape index (κ2) is 4.81. The molecule has 0 saturated heterocycles. The van der Waals surface area contributed by atoms with Crippen LogP contribution in [0.2, 0.25) is 5.15 Å². The van der Waals surface area contributed by atoms with Crippen molar-refractivity contribution in [2.24, 2.45) is 0 Å². The third-order valence-corrected chi connectivity index (χ3v) is 2.48. The number of hydrogen-bond acceptors (Lipinski definition) is 3. The van der Waals surface area contributed by atoms with Crippen molar-refractivity contribution in [1.29, 1.82) is 0 Å². The van der Waals surface area contributed by atoms with Gasteiger partial charge >= 0.3 is 0 Å². The Morgan fingerprint density at radius 3 is 2.56 bits per heavy atom. The first-order chi connectivity index (χ1) is 8.49. The van der Waals surface area contributed by atoms with E-state index < -0.39 is 28.8 Å². The maximum Gasteiger partial charge on any atom is 0.283 e. The standard InChI is InChI=1S/C11H6ClF3N2O/c12-10-9(11(14)15)16-4-7(17-10)5-1-2-6(13)8(18)3-5/h1-4,11,18H. The number of alkyl halides is 2. The third-order valence-electron chi connectivity index (χ3n) is 2.20. The second-order valence-electron chi connectivity index (χ2n) is 3.40. The van der Waals surface area contributed by atoms with Crippen LogP contribution in [0, 0.1) is 5.82 Å². The Morgan fingerprint density at radius 2 is 2.00 bits per heavy atom. The number of aromatic nitrogens is 2. The van der Waals surface area contributed by atoms with Crippen LogP contribution in [0.5, 0.6) is 5.75 Å². The monoisotopic (exact) mass is 274 g/mol. The van der Waals surface area contributed by atoms with Crippen LogP contribution in [0.1, 0.15) is 12.1 Å². The summed E-state index contributed by atoms with van der Waals surface area (Å²) in [5.41, 5.74) is -0.129. The fraction of sp³-hybridized carbons (Fsp3) is 0.0909. The maximum absolute atomic E-state index is 12.9. The molecule has 0 aliphatic rings. The highest BCUT2D eigenvalue weighted by Crippen LogP contribution is 2.28. The van der Waals surface area contributed by atoms with Crippen LogP contribution in [0.4, 0.5) is 13.2 Å². The number of aromatic hydroxyl groups is 1. The van der Waals surface area contributed by atoms with Gasteiger partial charge in [-0.3, -0.25) is 0 Å². The Labute approximate surface area is 105 Å². The molecule has 0 aliphatic heterocycles. The Hall–Kier alpha value is -1.82. The van der Waals surface area contributed by atoms with Crippen LogP contribution >= 0.6 is 11.6 Å². The number of rotatable bonds is 2. The number of phenolic OH excluding ortho intramolecular Hbond substituents is 1. The molecule has 0 amide bonds. The predicted octanol–water partition coefficient (Wildman–Crippen LogP) is 3.58. The van der Waals surface area contributed by atoms with E-state index in [0.717, 1.165) is 18.3 Å². The maximum atomic E-state index is 12.9. The summed E-state index contributed by atoms with van der Waals surface area (Å²) in [5.74, 6) is -1.36. The number of benzene rings is 1. The van der Waals surface area contributed by atoms with Crippen LogP contribution < -0.4 is 0 Å². The molecule has 0 fully saturated rings. The highest BCUT2D eigenvalue weighted by atomic mass is 35.5. The topological polar surface area (TPSA) is 46.0 Å². The van der Waals surface area contributed by atoms with E-state index in [1.165, 1.54) is 6.07 Å². The summed E-state index contributed by atoms with van der Waals surface area (Å²) in [5, 5.41) is 8.77. The van der Waals surface area contributed by atoms with Gasteiger partial charge in [0.05, 0.1) is 11.9 Å². The molecule has 0 unspecified atom stereocenters. The number of hydrogen-bond donors (Lipinski definition) is 1. The number of nitrogens with zero attached hydrogens (tertiary/aromatic N) is 2. The van der Waals surface area contributed by atoms with E-state index in [9.17, 15) is 18.3 Å². The van der Waals surface area contributed by atoms with Crippen LogP contribution in [0.3, 0.4) is 0 Å². The summed E-state index contributed by atoms with van der Waals surface area (Å²) < 4.78 is 37.7. The van der Waals surface area contributed by atoms with Crippen molar-refractivity contribution in [3.63, 3.8) is 0 Å². The third kappa shape index (κ3) is 2.38. The molecular formula is C11H6ClF3N2O. The molecule has 1 heterocycles. The molecule has 0 bridgehead atoms. The molecule has 3 nitrogen and oxygen atoms in total. The second-order valence-corrected chi connectivity index (χ2v) is 3.76. The van der Waals surface area contributed by atoms with Crippen molar-refractivity contribution in [3.8, 4) is 17.0 Å². The molecule has 0 saturated carbocycles. The highest BCUT2D eigenvalue weighted by Gasteiger charge is 2.16. The zero-order valence-electron chi connectivity index (χ0n) is 8.74. The van der Waals surface area contributed by atoms with E-state index in [0.29, 0.717) is 5.56 Å². The minimum absolute atomic E-state index is 0.166. The molecule has 1 aromatic carbocycles. The average molecular weight is 275 g/mol. The molecule has 18 heavy (non-hydrogen) atoms. The fourth-order valence-electron chi connectivity index (χ4n) is 1.33. The summed E-state index contributed by atoms with van der Waals surface area (Å²) in [6.07, 6.45) is -1.74. The predicted molar refractivity (Wildman–Crippen MR) is 59.1 cm³/mol. The lowest BCUT2D eigenvalue weighted by atomic mass is 10.1. The van der Waals surface area contributed by atoms with Gasteiger partial charge in [-0.05, 0) is 18.2 Å². The lowest BCUT2D eigenvalue weighted by Crippen LogP contribution is -1.96. The van der Waals surface area contributed by atoms with Crippen LogP contribution in [-0.2, 0) is 0 Å². The van der Waals surface area contributed by atoms with E-state index in [-0.39, 0.29) is 5.69 Å². The zero-order valence-corrected chi connectivity index (χ0v) is 9.50. The van der Waals surface area contributed by atoms with E-state index >= 15 is 0 Å². The Balaban J connectivity index is 2.45. The smallest absolute Gasteiger partial charge is 0.283 e. The molecule has 1 aromatic heterocycles. The van der Waals surface area contributed by atoms with Crippen molar-refractivity contribution < 1.29 is 18.3 Å². The van der Waals surface area contributed by atoms with Gasteiger partial charge in [0.25, 0.3) is 6.43 Å². The van der Waals surface area contributed by atoms with Crippen molar-refractivity contribution in [2.45, 2.75) is 6.43 Å². The van der Waals surface area contributed by atoms with Crippen molar-refractivity contribution in [2.75, 3.05) is 0 Å². The van der Waals surface area contributed by atoms with E-state index in [1.54, 1.807) is 0 Å². The van der Waals surface area contributed by atoms with Gasteiger partial charge in [-0.1, -0.05) is 11.6 Å². The lowest BCUT2D eigenvalue weighted by Gasteiger charge is -2.05. The molecule has 0 aliphatic carbocycles. The average Bonchev–Trinajstić information content (AvgIpc) is 2.32. The van der Waals surface area contributed by atoms with Gasteiger partial charge in [0, 0.05) is 5.56 Å². The molecule has 1 N–H and O–H groups in total.